The first-order valence-corrected chi connectivity index (χ1v) is 6.44. The van der Waals surface area contributed by atoms with E-state index < -0.39 is 0 Å². The van der Waals surface area contributed by atoms with Crippen LogP contribution >= 0.6 is 0 Å². The van der Waals surface area contributed by atoms with E-state index in [0.29, 0.717) is 6.61 Å². The summed E-state index contributed by atoms with van der Waals surface area (Å²) in [5.41, 5.74) is 1.06. The number of rotatable bonds is 8. The Hall–Kier alpha value is -1.61. The molecule has 1 aromatic carbocycles. The lowest BCUT2D eigenvalue weighted by atomic mass is 9.94. The van der Waals surface area contributed by atoms with Gasteiger partial charge in [-0.2, -0.15) is 0 Å². The van der Waals surface area contributed by atoms with E-state index in [-0.39, 0.29) is 17.9 Å². The third kappa shape index (κ3) is 4.52. The van der Waals surface area contributed by atoms with Gasteiger partial charge in [-0.1, -0.05) is 32.1 Å². The van der Waals surface area contributed by atoms with Gasteiger partial charge >= 0.3 is 0 Å². The molecule has 0 saturated carbocycles. The third-order valence-electron chi connectivity index (χ3n) is 3.22. The summed E-state index contributed by atoms with van der Waals surface area (Å²) in [6, 6.07) is 7.71. The van der Waals surface area contributed by atoms with Crippen molar-refractivity contribution in [1.82, 2.24) is 0 Å². The first-order chi connectivity index (χ1) is 9.12. The summed E-state index contributed by atoms with van der Waals surface area (Å²) in [7, 11) is 1.64. The highest BCUT2D eigenvalue weighted by Crippen LogP contribution is 2.19. The summed E-state index contributed by atoms with van der Waals surface area (Å²) in [6.07, 6.45) is 2.61. The molecule has 1 aromatic rings. The van der Waals surface area contributed by atoms with E-state index in [1.807, 2.05) is 44.2 Å². The molecule has 3 heteroatoms. The zero-order chi connectivity index (χ0) is 14.3. The Morgan fingerprint density at radius 2 is 1.84 bits per heavy atom. The van der Waals surface area contributed by atoms with Crippen LogP contribution in [-0.4, -0.2) is 19.5 Å². The maximum absolute atomic E-state index is 10.9. The smallest absolute Gasteiger partial charge is 0.125 e. The zero-order valence-corrected chi connectivity index (χ0v) is 11.8. The lowest BCUT2D eigenvalue weighted by Crippen LogP contribution is -2.28. The Morgan fingerprint density at radius 3 is 2.32 bits per heavy atom. The summed E-state index contributed by atoms with van der Waals surface area (Å²) >= 11 is 0. The second kappa shape index (κ2) is 7.74. The Kier molecular flexibility index (Phi) is 6.30. The van der Waals surface area contributed by atoms with Crippen LogP contribution in [0.3, 0.4) is 0 Å². The van der Waals surface area contributed by atoms with Gasteiger partial charge in [0.25, 0.3) is 0 Å². The SMILES string of the molecule is C=C[C@@H](C)[C@H](OCc1ccc(OC)cc1)[C@H](C)C=O. The largest absolute Gasteiger partial charge is 0.497 e. The minimum atomic E-state index is -0.147. The van der Waals surface area contributed by atoms with Gasteiger partial charge in [-0.15, -0.1) is 6.58 Å². The van der Waals surface area contributed by atoms with Gasteiger partial charge in [0.2, 0.25) is 0 Å². The number of aldehydes is 1. The monoisotopic (exact) mass is 262 g/mol. The van der Waals surface area contributed by atoms with Crippen molar-refractivity contribution in [3.63, 3.8) is 0 Å². The van der Waals surface area contributed by atoms with Gasteiger partial charge in [-0.3, -0.25) is 0 Å². The van der Waals surface area contributed by atoms with Crippen molar-refractivity contribution in [2.75, 3.05) is 7.11 Å². The lowest BCUT2D eigenvalue weighted by Gasteiger charge is -2.24. The fourth-order valence-electron chi connectivity index (χ4n) is 1.91. The molecule has 0 amide bonds. The van der Waals surface area contributed by atoms with Gasteiger partial charge < -0.3 is 14.3 Å². The zero-order valence-electron chi connectivity index (χ0n) is 11.8. The fraction of sp³-hybridized carbons (Fsp3) is 0.438. The van der Waals surface area contributed by atoms with E-state index in [1.54, 1.807) is 7.11 Å². The van der Waals surface area contributed by atoms with Crippen LogP contribution in [0.25, 0.3) is 0 Å². The number of ether oxygens (including phenoxy) is 2. The molecule has 0 fully saturated rings. The standard InChI is InChI=1S/C16H22O3/c1-5-12(2)16(13(3)10-17)19-11-14-6-8-15(18-4)9-7-14/h5-10,12-13,16H,1,11H2,2-4H3/t12-,13-,16+/m1/s1. The van der Waals surface area contributed by atoms with E-state index in [4.69, 9.17) is 9.47 Å². The van der Waals surface area contributed by atoms with Gasteiger partial charge in [0.05, 0.1) is 19.8 Å². The summed E-state index contributed by atoms with van der Waals surface area (Å²) in [4.78, 5) is 10.9. The molecule has 1 rings (SSSR count). The number of hydrogen-bond acceptors (Lipinski definition) is 3. The highest BCUT2D eigenvalue weighted by atomic mass is 16.5. The molecule has 0 aromatic heterocycles. The highest BCUT2D eigenvalue weighted by Gasteiger charge is 2.22. The normalized spacial score (nSPS) is 15.3. The van der Waals surface area contributed by atoms with Crippen molar-refractivity contribution in [2.24, 2.45) is 11.8 Å². The molecule has 0 unspecified atom stereocenters. The van der Waals surface area contributed by atoms with Crippen LogP contribution in [0, 0.1) is 11.8 Å². The van der Waals surface area contributed by atoms with Crippen LogP contribution in [-0.2, 0) is 16.1 Å². The van der Waals surface area contributed by atoms with Crippen LogP contribution in [0.1, 0.15) is 19.4 Å². The van der Waals surface area contributed by atoms with E-state index >= 15 is 0 Å². The van der Waals surface area contributed by atoms with Crippen molar-refractivity contribution in [3.05, 3.63) is 42.5 Å². The number of carbonyl (C=O) groups excluding carboxylic acids is 1. The quantitative estimate of drug-likeness (QED) is 0.533. The van der Waals surface area contributed by atoms with Gasteiger partial charge in [-0.25, -0.2) is 0 Å². The Morgan fingerprint density at radius 1 is 1.21 bits per heavy atom. The van der Waals surface area contributed by atoms with Crippen molar-refractivity contribution in [2.45, 2.75) is 26.6 Å². The van der Waals surface area contributed by atoms with Crippen LogP contribution < -0.4 is 4.74 Å². The van der Waals surface area contributed by atoms with E-state index in [2.05, 4.69) is 6.58 Å². The van der Waals surface area contributed by atoms with Crippen LogP contribution in [0.5, 0.6) is 5.75 Å². The fourth-order valence-corrected chi connectivity index (χ4v) is 1.91. The van der Waals surface area contributed by atoms with E-state index in [9.17, 15) is 4.79 Å². The summed E-state index contributed by atoms with van der Waals surface area (Å²) in [5, 5.41) is 0. The number of methoxy groups -OCH3 is 1. The highest BCUT2D eigenvalue weighted by molar-refractivity contribution is 5.54. The molecule has 0 radical (unpaired) electrons. The Labute approximate surface area is 115 Å². The first-order valence-electron chi connectivity index (χ1n) is 6.44. The third-order valence-corrected chi connectivity index (χ3v) is 3.22. The summed E-state index contributed by atoms with van der Waals surface area (Å²) in [5.74, 6) is 0.811. The minimum absolute atomic E-state index is 0.137. The number of hydrogen-bond donors (Lipinski definition) is 0. The van der Waals surface area contributed by atoms with Crippen LogP contribution in [0.4, 0.5) is 0 Å². The van der Waals surface area contributed by atoms with Gasteiger partial charge in [0.15, 0.2) is 0 Å². The van der Waals surface area contributed by atoms with E-state index in [0.717, 1.165) is 17.6 Å². The molecule has 0 aliphatic heterocycles. The molecular weight excluding hydrogens is 240 g/mol. The van der Waals surface area contributed by atoms with Crippen molar-refractivity contribution < 1.29 is 14.3 Å². The second-order valence-corrected chi connectivity index (χ2v) is 4.71. The molecular formula is C16H22O3. The molecule has 0 bridgehead atoms. The van der Waals surface area contributed by atoms with Crippen LogP contribution in [0.15, 0.2) is 36.9 Å². The molecule has 3 nitrogen and oxygen atoms in total. The molecule has 104 valence electrons. The molecule has 19 heavy (non-hydrogen) atoms. The minimum Gasteiger partial charge on any atom is -0.497 e. The summed E-state index contributed by atoms with van der Waals surface area (Å²) < 4.78 is 11.0. The molecule has 0 saturated heterocycles. The maximum atomic E-state index is 10.9. The average molecular weight is 262 g/mol. The predicted octanol–water partition coefficient (Wildman–Crippen LogP) is 3.24. The van der Waals surface area contributed by atoms with Gasteiger partial charge in [-0.05, 0) is 17.7 Å². The van der Waals surface area contributed by atoms with Crippen molar-refractivity contribution >= 4 is 6.29 Å². The molecule has 0 spiro atoms. The topological polar surface area (TPSA) is 35.5 Å². The van der Waals surface area contributed by atoms with E-state index in [1.165, 1.54) is 0 Å². The Balaban J connectivity index is 2.64. The molecule has 0 heterocycles. The first kappa shape index (κ1) is 15.4. The average Bonchev–Trinajstić information content (AvgIpc) is 2.47. The molecule has 0 aliphatic carbocycles. The van der Waals surface area contributed by atoms with Crippen molar-refractivity contribution in [3.8, 4) is 5.75 Å². The molecule has 0 N–H and O–H groups in total. The molecule has 0 aliphatic rings. The van der Waals surface area contributed by atoms with Gasteiger partial charge in [0, 0.05) is 11.8 Å². The molecule has 3 atom stereocenters. The van der Waals surface area contributed by atoms with Gasteiger partial charge in [0.1, 0.15) is 12.0 Å². The maximum Gasteiger partial charge on any atom is 0.125 e. The lowest BCUT2D eigenvalue weighted by molar-refractivity contribution is -0.117. The number of benzene rings is 1. The van der Waals surface area contributed by atoms with Crippen LogP contribution in [0.2, 0.25) is 0 Å². The number of carbonyl (C=O) groups is 1. The summed E-state index contributed by atoms with van der Waals surface area (Å²) in [6.45, 7) is 8.11. The predicted molar refractivity (Wildman–Crippen MR) is 76.2 cm³/mol. The Bertz CT molecular complexity index is 383. The van der Waals surface area contributed by atoms with Crippen molar-refractivity contribution in [1.29, 1.82) is 0 Å². The second-order valence-electron chi connectivity index (χ2n) is 4.71.